The van der Waals surface area contributed by atoms with Gasteiger partial charge in [-0.2, -0.15) is 0 Å². The quantitative estimate of drug-likeness (QED) is 0.597. The van der Waals surface area contributed by atoms with Crippen molar-refractivity contribution in [1.29, 1.82) is 0 Å². The molecular formula is C5H13ClNO2P. The van der Waals surface area contributed by atoms with Gasteiger partial charge in [-0.1, -0.05) is 0 Å². The molecular weight excluding hydrogens is 172 g/mol. The lowest BCUT2D eigenvalue weighted by Crippen LogP contribution is -2.30. The van der Waals surface area contributed by atoms with E-state index in [1.807, 2.05) is 0 Å². The molecule has 1 fully saturated rings. The van der Waals surface area contributed by atoms with E-state index in [0.717, 1.165) is 26.3 Å². The molecule has 0 aliphatic carbocycles. The minimum absolute atomic E-state index is 0. The molecule has 0 radical (unpaired) electrons. The van der Waals surface area contributed by atoms with E-state index in [2.05, 4.69) is 4.67 Å². The van der Waals surface area contributed by atoms with Gasteiger partial charge in [-0.15, -0.1) is 12.4 Å². The van der Waals surface area contributed by atoms with E-state index in [4.69, 9.17) is 9.26 Å². The Morgan fingerprint density at radius 3 is 2.50 bits per heavy atom. The SMILES string of the molecule is COPN1CCOCC1.Cl. The van der Waals surface area contributed by atoms with Crippen LogP contribution in [0.5, 0.6) is 0 Å². The van der Waals surface area contributed by atoms with Gasteiger partial charge in [-0.05, 0) is 0 Å². The molecule has 0 aromatic rings. The van der Waals surface area contributed by atoms with Gasteiger partial charge in [-0.25, -0.2) is 0 Å². The van der Waals surface area contributed by atoms with Gasteiger partial charge in [0.2, 0.25) is 0 Å². The number of ether oxygens (including phenoxy) is 1. The van der Waals surface area contributed by atoms with Gasteiger partial charge >= 0.3 is 0 Å². The third kappa shape index (κ3) is 3.69. The van der Waals surface area contributed by atoms with E-state index in [1.165, 1.54) is 0 Å². The number of hydrogen-bond acceptors (Lipinski definition) is 3. The van der Waals surface area contributed by atoms with Gasteiger partial charge < -0.3 is 9.26 Å². The van der Waals surface area contributed by atoms with Crippen LogP contribution in [-0.2, 0) is 9.26 Å². The Bertz CT molecular complexity index is 77.3. The van der Waals surface area contributed by atoms with Crippen LogP contribution in [0.3, 0.4) is 0 Å². The molecule has 3 nitrogen and oxygen atoms in total. The summed E-state index contributed by atoms with van der Waals surface area (Å²) in [5.74, 6) is 0. The lowest BCUT2D eigenvalue weighted by molar-refractivity contribution is 0.0726. The van der Waals surface area contributed by atoms with Crippen LogP contribution in [0.4, 0.5) is 0 Å². The molecule has 0 aromatic carbocycles. The van der Waals surface area contributed by atoms with Crippen LogP contribution < -0.4 is 0 Å². The van der Waals surface area contributed by atoms with Gasteiger partial charge in [0.05, 0.1) is 22.2 Å². The van der Waals surface area contributed by atoms with Gasteiger partial charge in [-0.3, -0.25) is 4.67 Å². The van der Waals surface area contributed by atoms with Crippen molar-refractivity contribution in [2.75, 3.05) is 33.4 Å². The molecule has 0 saturated carbocycles. The molecule has 1 aliphatic heterocycles. The standard InChI is InChI=1S/C5H12NO2P.ClH/c1-7-9-6-2-4-8-5-3-6;/h9H,2-5H2,1H3;1H. The first kappa shape index (κ1) is 10.6. The maximum absolute atomic E-state index is 5.15. The summed E-state index contributed by atoms with van der Waals surface area (Å²) in [7, 11) is 2.25. The fourth-order valence-electron chi connectivity index (χ4n) is 0.784. The maximum atomic E-state index is 5.15. The second kappa shape index (κ2) is 6.32. The molecule has 0 bridgehead atoms. The Hall–Kier alpha value is 0.600. The van der Waals surface area contributed by atoms with E-state index in [9.17, 15) is 0 Å². The highest BCUT2D eigenvalue weighted by atomic mass is 35.5. The normalized spacial score (nSPS) is 21.3. The summed E-state index contributed by atoms with van der Waals surface area (Å²) in [6.45, 7) is 3.76. The van der Waals surface area contributed by atoms with Crippen LogP contribution in [-0.4, -0.2) is 38.1 Å². The van der Waals surface area contributed by atoms with Crippen LogP contribution >= 0.6 is 21.4 Å². The van der Waals surface area contributed by atoms with Gasteiger partial charge in [0.25, 0.3) is 0 Å². The molecule has 0 amide bonds. The predicted molar refractivity (Wildman–Crippen MR) is 45.0 cm³/mol. The zero-order valence-corrected chi connectivity index (χ0v) is 7.82. The van der Waals surface area contributed by atoms with Gasteiger partial charge in [0.15, 0.2) is 0 Å². The molecule has 1 rings (SSSR count). The fourth-order valence-corrected chi connectivity index (χ4v) is 1.41. The second-order valence-corrected chi connectivity index (χ2v) is 3.12. The van der Waals surface area contributed by atoms with Crippen LogP contribution in [0.25, 0.3) is 0 Å². The van der Waals surface area contributed by atoms with E-state index in [0.29, 0.717) is 8.96 Å². The number of morpholine rings is 1. The Labute approximate surface area is 69.4 Å². The fraction of sp³-hybridized carbons (Fsp3) is 1.00. The summed E-state index contributed by atoms with van der Waals surface area (Å²) in [5, 5.41) is 0. The molecule has 1 heterocycles. The largest absolute Gasteiger partial charge is 0.379 e. The highest BCUT2D eigenvalue weighted by Crippen LogP contribution is 2.18. The van der Waals surface area contributed by atoms with Crippen LogP contribution in [0.2, 0.25) is 0 Å². The maximum Gasteiger partial charge on any atom is 0.0886 e. The first-order chi connectivity index (χ1) is 4.43. The molecule has 1 atom stereocenters. The van der Waals surface area contributed by atoms with E-state index in [-0.39, 0.29) is 12.4 Å². The van der Waals surface area contributed by atoms with Crippen LogP contribution in [0.15, 0.2) is 0 Å². The van der Waals surface area contributed by atoms with Crippen LogP contribution in [0.1, 0.15) is 0 Å². The Kier molecular flexibility index (Phi) is 6.70. The second-order valence-electron chi connectivity index (χ2n) is 1.89. The molecule has 5 heteroatoms. The lowest BCUT2D eigenvalue weighted by atomic mass is 10.5. The molecule has 0 aromatic heterocycles. The monoisotopic (exact) mass is 185 g/mol. The van der Waals surface area contributed by atoms with Gasteiger partial charge in [0.1, 0.15) is 0 Å². The summed E-state index contributed by atoms with van der Waals surface area (Å²) in [5.41, 5.74) is 0. The molecule has 1 saturated heterocycles. The van der Waals surface area contributed by atoms with Crippen molar-refractivity contribution in [2.45, 2.75) is 0 Å². The van der Waals surface area contributed by atoms with Crippen molar-refractivity contribution in [3.05, 3.63) is 0 Å². The van der Waals surface area contributed by atoms with Gasteiger partial charge in [0, 0.05) is 20.2 Å². The smallest absolute Gasteiger partial charge is 0.0886 e. The predicted octanol–water partition coefficient (Wildman–Crippen LogP) is 0.895. The Morgan fingerprint density at radius 1 is 1.40 bits per heavy atom. The van der Waals surface area contributed by atoms with Crippen molar-refractivity contribution >= 4 is 21.4 Å². The van der Waals surface area contributed by atoms with Crippen molar-refractivity contribution < 1.29 is 9.26 Å². The summed E-state index contributed by atoms with van der Waals surface area (Å²) >= 11 is 0. The summed E-state index contributed by atoms with van der Waals surface area (Å²) in [6, 6.07) is 0. The lowest BCUT2D eigenvalue weighted by Gasteiger charge is -2.24. The molecule has 62 valence electrons. The zero-order chi connectivity index (χ0) is 6.53. The van der Waals surface area contributed by atoms with Crippen molar-refractivity contribution in [3.8, 4) is 0 Å². The number of hydrogen-bond donors (Lipinski definition) is 0. The third-order valence-electron chi connectivity index (χ3n) is 1.23. The first-order valence-electron chi connectivity index (χ1n) is 3.05. The molecule has 10 heavy (non-hydrogen) atoms. The third-order valence-corrected chi connectivity index (χ3v) is 2.12. The topological polar surface area (TPSA) is 21.7 Å². The Morgan fingerprint density at radius 2 is 2.00 bits per heavy atom. The Balaban J connectivity index is 0.000000810. The highest BCUT2D eigenvalue weighted by Gasteiger charge is 2.08. The molecule has 0 N–H and O–H groups in total. The molecule has 1 aliphatic rings. The first-order valence-corrected chi connectivity index (χ1v) is 3.90. The molecule has 1 unspecified atom stereocenters. The van der Waals surface area contributed by atoms with Crippen molar-refractivity contribution in [1.82, 2.24) is 4.67 Å². The van der Waals surface area contributed by atoms with Crippen molar-refractivity contribution in [2.24, 2.45) is 0 Å². The minimum atomic E-state index is 0. The highest BCUT2D eigenvalue weighted by molar-refractivity contribution is 7.29. The molecule has 0 spiro atoms. The summed E-state index contributed by atoms with van der Waals surface area (Å²) < 4.78 is 12.4. The van der Waals surface area contributed by atoms with E-state index < -0.39 is 0 Å². The number of halogens is 1. The average Bonchev–Trinajstić information content (AvgIpc) is 1.91. The van der Waals surface area contributed by atoms with E-state index in [1.54, 1.807) is 7.11 Å². The number of rotatable bonds is 2. The number of nitrogens with zero attached hydrogens (tertiary/aromatic N) is 1. The average molecular weight is 186 g/mol. The zero-order valence-electron chi connectivity index (χ0n) is 6.00. The minimum Gasteiger partial charge on any atom is -0.379 e. The summed E-state index contributed by atoms with van der Waals surface area (Å²) in [4.78, 5) is 0. The van der Waals surface area contributed by atoms with Crippen molar-refractivity contribution in [3.63, 3.8) is 0 Å². The van der Waals surface area contributed by atoms with Crippen LogP contribution in [0, 0.1) is 0 Å². The van der Waals surface area contributed by atoms with E-state index >= 15 is 0 Å². The summed E-state index contributed by atoms with van der Waals surface area (Å²) in [6.07, 6.45) is 0.